The first-order chi connectivity index (χ1) is 14.9. The van der Waals surface area contributed by atoms with Crippen LogP contribution in [-0.4, -0.2) is 17.8 Å². The Morgan fingerprint density at radius 1 is 0.962 bits per heavy atom. The number of carbonyl (C=O) groups is 1. The van der Waals surface area contributed by atoms with Gasteiger partial charge in [0.1, 0.15) is 0 Å². The lowest BCUT2D eigenvalue weighted by atomic mass is 9.65. The zero-order chi connectivity index (χ0) is 22.3. The van der Waals surface area contributed by atoms with Crippen molar-refractivity contribution >= 4 is 29.2 Å². The van der Waals surface area contributed by atoms with Crippen molar-refractivity contribution in [2.24, 2.45) is 0 Å². The molecule has 1 unspecified atom stereocenters. The molecule has 0 saturated carbocycles. The smallest absolute Gasteiger partial charge is 0.179 e. The molecular formula is C24H20OS. The molecule has 4 rings (SSSR count). The third-order valence-corrected chi connectivity index (χ3v) is 5.39. The molecule has 0 saturated heterocycles. The molecule has 0 fully saturated rings. The lowest BCUT2D eigenvalue weighted by Crippen LogP contribution is -2.42. The van der Waals surface area contributed by atoms with Gasteiger partial charge in [0, 0.05) is 11.3 Å². The summed E-state index contributed by atoms with van der Waals surface area (Å²) in [7, 11) is 0. The van der Waals surface area contributed by atoms with Gasteiger partial charge < -0.3 is 0 Å². The Bertz CT molecular complexity index is 1210. The van der Waals surface area contributed by atoms with Crippen molar-refractivity contribution < 1.29 is 11.6 Å². The maximum absolute atomic E-state index is 14.2. The molecule has 1 aliphatic rings. The summed E-state index contributed by atoms with van der Waals surface area (Å²) in [5.41, 5.74) is 0.491. The van der Waals surface area contributed by atoms with Crippen LogP contribution in [-0.2, 0) is 5.41 Å². The number of hydrogen-bond donors (Lipinski definition) is 0. The summed E-state index contributed by atoms with van der Waals surface area (Å²) in [5.74, 6) is -0.0603. The van der Waals surface area contributed by atoms with E-state index in [2.05, 4.69) is 0 Å². The van der Waals surface area contributed by atoms with Gasteiger partial charge in [0.2, 0.25) is 0 Å². The van der Waals surface area contributed by atoms with Gasteiger partial charge in [-0.2, -0.15) is 11.8 Å². The van der Waals surface area contributed by atoms with E-state index < -0.39 is 23.3 Å². The van der Waals surface area contributed by atoms with Gasteiger partial charge in [-0.05, 0) is 34.6 Å². The van der Waals surface area contributed by atoms with E-state index in [9.17, 15) is 4.79 Å². The highest BCUT2D eigenvalue weighted by molar-refractivity contribution is 7.98. The zero-order valence-corrected chi connectivity index (χ0v) is 15.1. The molecule has 3 aromatic rings. The minimum Gasteiger partial charge on any atom is -0.293 e. The van der Waals surface area contributed by atoms with Crippen molar-refractivity contribution in [1.82, 2.24) is 0 Å². The fraction of sp³-hybridized carbons (Fsp3) is 0.125. The summed E-state index contributed by atoms with van der Waals surface area (Å²) in [6, 6.07) is 16.8. The first-order valence-electron chi connectivity index (χ1n) is 10.8. The Morgan fingerprint density at radius 3 is 2.31 bits per heavy atom. The molecule has 26 heavy (non-hydrogen) atoms. The first-order valence-corrected chi connectivity index (χ1v) is 9.72. The molecule has 128 valence electrons. The normalized spacial score (nSPS) is 22.0. The summed E-state index contributed by atoms with van der Waals surface area (Å²) >= 11 is 1.47. The van der Waals surface area contributed by atoms with Gasteiger partial charge >= 0.3 is 0 Å². The van der Waals surface area contributed by atoms with Gasteiger partial charge in [0.25, 0.3) is 0 Å². The molecule has 1 nitrogen and oxygen atoms in total. The fourth-order valence-electron chi connectivity index (χ4n) is 3.49. The average Bonchev–Trinajstić information content (AvgIpc) is 2.79. The molecular weight excluding hydrogens is 336 g/mol. The molecule has 0 radical (unpaired) electrons. The number of Topliss-reactive ketones (excluding diaryl/α,β-unsaturated/α-hetero) is 1. The third-order valence-electron chi connectivity index (χ3n) is 4.67. The molecule has 1 atom stereocenters. The summed E-state index contributed by atoms with van der Waals surface area (Å²) in [4.78, 5) is 14.2. The van der Waals surface area contributed by atoms with Crippen LogP contribution in [0.15, 0.2) is 84.8 Å². The molecule has 3 aromatic carbocycles. The van der Waals surface area contributed by atoms with Crippen molar-refractivity contribution in [3.05, 3.63) is 107 Å². The van der Waals surface area contributed by atoms with Crippen LogP contribution in [0.5, 0.6) is 0 Å². The maximum Gasteiger partial charge on any atom is 0.179 e. The Labute approximate surface area is 165 Å². The van der Waals surface area contributed by atoms with Gasteiger partial charge in [-0.15, -0.1) is 0 Å². The second kappa shape index (κ2) is 6.97. The maximum atomic E-state index is 14.2. The van der Waals surface area contributed by atoms with E-state index in [1.807, 2.05) is 66.9 Å². The number of hydrogen-bond acceptors (Lipinski definition) is 2. The number of fused-ring (bicyclic) bond motifs is 1. The second-order valence-electron chi connectivity index (χ2n) is 6.15. The Kier molecular flexibility index (Phi) is 3.20. The monoisotopic (exact) mass is 361 g/mol. The van der Waals surface area contributed by atoms with Crippen LogP contribution in [0.25, 0.3) is 11.6 Å². The lowest BCUT2D eigenvalue weighted by molar-refractivity contribution is 0.0934. The number of thioether (sulfide) groups is 1. The molecule has 0 spiro atoms. The van der Waals surface area contributed by atoms with Crippen LogP contribution in [0, 0.1) is 0 Å². The molecule has 0 amide bonds. The van der Waals surface area contributed by atoms with Crippen LogP contribution < -0.4 is 0 Å². The van der Waals surface area contributed by atoms with Crippen molar-refractivity contribution in [1.29, 1.82) is 0 Å². The highest BCUT2D eigenvalue weighted by Gasteiger charge is 2.46. The first kappa shape index (κ1) is 11.9. The summed E-state index contributed by atoms with van der Waals surface area (Å²) in [6.45, 7) is 0. The fourth-order valence-corrected chi connectivity index (χ4v) is 4.37. The second-order valence-corrected chi connectivity index (χ2v) is 7.02. The van der Waals surface area contributed by atoms with E-state index in [0.717, 1.165) is 0 Å². The van der Waals surface area contributed by atoms with Gasteiger partial charge in [-0.1, -0.05) is 84.8 Å². The van der Waals surface area contributed by atoms with E-state index >= 15 is 0 Å². The number of rotatable bonds is 4. The molecule has 2 heteroatoms. The van der Waals surface area contributed by atoms with E-state index in [-0.39, 0.29) is 29.3 Å². The van der Waals surface area contributed by atoms with Gasteiger partial charge in [0.15, 0.2) is 5.78 Å². The van der Waals surface area contributed by atoms with Crippen molar-refractivity contribution in [3.63, 3.8) is 0 Å². The minimum atomic E-state index is -1.25. The van der Waals surface area contributed by atoms with E-state index in [0.29, 0.717) is 22.5 Å². The quantitative estimate of drug-likeness (QED) is 0.591. The number of ketones is 1. The minimum absolute atomic E-state index is 0.0255. The number of benzene rings is 3. The Balaban J connectivity index is 2.22. The molecule has 0 N–H and O–H groups in total. The van der Waals surface area contributed by atoms with Crippen molar-refractivity contribution in [2.45, 2.75) is 5.41 Å². The highest BCUT2D eigenvalue weighted by atomic mass is 32.2. The third kappa shape index (κ3) is 2.62. The standard InChI is InChI=1S/C24H20OS/c1-26-17-24(20-13-6-3-7-14-20)22(18-10-4-2-5-11-18)16-19-12-8-9-15-21(19)23(24)25/h2-16H,17H2,1H3/i8D,9D,12D,15D,16D. The summed E-state index contributed by atoms with van der Waals surface area (Å²) in [5, 5.41) is 0. The van der Waals surface area contributed by atoms with Crippen LogP contribution in [0.3, 0.4) is 0 Å². The highest BCUT2D eigenvalue weighted by Crippen LogP contribution is 2.47. The number of allylic oxidation sites excluding steroid dienone is 1. The topological polar surface area (TPSA) is 17.1 Å². The average molecular weight is 362 g/mol. The van der Waals surface area contributed by atoms with Crippen LogP contribution in [0.2, 0.25) is 0 Å². The summed E-state index contributed by atoms with van der Waals surface area (Å²) < 4.78 is 42.1. The molecule has 0 aliphatic heterocycles. The van der Waals surface area contributed by atoms with Gasteiger partial charge in [-0.3, -0.25) is 4.79 Å². The summed E-state index contributed by atoms with van der Waals surface area (Å²) in [6.07, 6.45) is 1.89. The largest absolute Gasteiger partial charge is 0.293 e. The SMILES string of the molecule is [2H]C1=C(c2ccccc2)C(CSC)(c2ccccc2)C(=O)c2c([2H])c([2H])c([2H])c([2H])c21. The van der Waals surface area contributed by atoms with Gasteiger partial charge in [-0.25, -0.2) is 0 Å². The molecule has 1 aliphatic carbocycles. The van der Waals surface area contributed by atoms with Crippen LogP contribution >= 0.6 is 11.8 Å². The molecule has 0 bridgehead atoms. The van der Waals surface area contributed by atoms with Gasteiger partial charge in [0.05, 0.1) is 12.3 Å². The predicted octanol–water partition coefficient (Wildman–Crippen LogP) is 5.72. The van der Waals surface area contributed by atoms with Crippen LogP contribution in [0.4, 0.5) is 0 Å². The zero-order valence-electron chi connectivity index (χ0n) is 19.3. The molecule has 0 heterocycles. The lowest BCUT2D eigenvalue weighted by Gasteiger charge is -2.38. The van der Waals surface area contributed by atoms with Crippen LogP contribution in [0.1, 0.15) is 33.9 Å². The molecule has 0 aromatic heterocycles. The number of carbonyl (C=O) groups excluding carboxylic acids is 1. The Morgan fingerprint density at radius 2 is 1.62 bits per heavy atom. The van der Waals surface area contributed by atoms with Crippen molar-refractivity contribution in [2.75, 3.05) is 12.0 Å². The predicted molar refractivity (Wildman–Crippen MR) is 112 cm³/mol. The van der Waals surface area contributed by atoms with E-state index in [1.165, 1.54) is 11.8 Å². The Hall–Kier alpha value is -2.58. The van der Waals surface area contributed by atoms with Crippen molar-refractivity contribution in [3.8, 4) is 0 Å². The van der Waals surface area contributed by atoms with E-state index in [4.69, 9.17) is 6.85 Å². The van der Waals surface area contributed by atoms with E-state index in [1.54, 1.807) is 0 Å².